The van der Waals surface area contributed by atoms with Gasteiger partial charge in [0.05, 0.1) is 27.4 Å². The predicted molar refractivity (Wildman–Crippen MR) is 115 cm³/mol. The highest BCUT2D eigenvalue weighted by Gasteiger charge is 2.38. The molecule has 0 N–H and O–H groups in total. The molecule has 1 aromatic rings. The summed E-state index contributed by atoms with van der Waals surface area (Å²) in [5, 5.41) is 9.24. The van der Waals surface area contributed by atoms with Crippen LogP contribution in [0.5, 0.6) is 0 Å². The molecule has 1 atom stereocenters. The average molecular weight is 461 g/mol. The quantitative estimate of drug-likeness (QED) is 0.143. The standard InChI is InChI=1S/C23H27NO9/c1-15-19(21(27)23(31-3)22(30-2)20(15)26)17(16-9-5-4-6-10-16)11-12-18(25)32-13-7-8-14-33-24(28)29/h4-6,9-10,17H,7-8,11-14H2,1-3H3. The molecule has 1 unspecified atom stereocenters. The Morgan fingerprint density at radius 3 is 2.21 bits per heavy atom. The van der Waals surface area contributed by atoms with Crippen LogP contribution in [0.15, 0.2) is 53.0 Å². The SMILES string of the molecule is COC1=C(OC)C(=O)C(C(CCC(=O)OCCCCO[N+](=O)[O-])c2ccccc2)=C(C)C1=O. The van der Waals surface area contributed by atoms with Crippen LogP contribution in [0.4, 0.5) is 0 Å². The van der Waals surface area contributed by atoms with Crippen molar-refractivity contribution in [1.82, 2.24) is 0 Å². The molecule has 0 amide bonds. The number of Topliss-reactive ketones (excluding diaryl/α,β-unsaturated/α-hetero) is 2. The maximum absolute atomic E-state index is 13.2. The van der Waals surface area contributed by atoms with E-state index in [1.807, 2.05) is 30.3 Å². The average Bonchev–Trinajstić information content (AvgIpc) is 2.80. The Labute approximate surface area is 191 Å². The number of methoxy groups -OCH3 is 2. The van der Waals surface area contributed by atoms with Crippen LogP contribution in [0.1, 0.15) is 44.1 Å². The van der Waals surface area contributed by atoms with Crippen molar-refractivity contribution in [3.63, 3.8) is 0 Å². The van der Waals surface area contributed by atoms with Crippen molar-refractivity contribution in [2.45, 2.75) is 38.5 Å². The van der Waals surface area contributed by atoms with Gasteiger partial charge in [-0.1, -0.05) is 30.3 Å². The lowest BCUT2D eigenvalue weighted by Gasteiger charge is -2.26. The van der Waals surface area contributed by atoms with E-state index in [4.69, 9.17) is 14.2 Å². The first kappa shape index (κ1) is 25.6. The van der Waals surface area contributed by atoms with Gasteiger partial charge in [0.15, 0.2) is 0 Å². The summed E-state index contributed by atoms with van der Waals surface area (Å²) in [5.74, 6) is -2.21. The van der Waals surface area contributed by atoms with Gasteiger partial charge in [-0.3, -0.25) is 14.4 Å². The monoisotopic (exact) mass is 461 g/mol. The number of unbranched alkanes of at least 4 members (excludes halogenated alkanes) is 1. The summed E-state index contributed by atoms with van der Waals surface area (Å²) in [6, 6.07) is 9.10. The highest BCUT2D eigenvalue weighted by molar-refractivity contribution is 6.24. The molecule has 1 aliphatic carbocycles. The second-order valence-electron chi connectivity index (χ2n) is 7.25. The normalized spacial score (nSPS) is 14.8. The number of hydrogen-bond donors (Lipinski definition) is 0. The smallest absolute Gasteiger partial charge is 0.305 e. The molecule has 1 aromatic carbocycles. The van der Waals surface area contributed by atoms with Gasteiger partial charge in [-0.2, -0.15) is 0 Å². The Morgan fingerprint density at radius 1 is 1.00 bits per heavy atom. The molecular weight excluding hydrogens is 434 g/mol. The fraction of sp³-hybridized carbons (Fsp3) is 0.435. The second kappa shape index (κ2) is 12.4. The van der Waals surface area contributed by atoms with Crippen molar-refractivity contribution < 1.29 is 38.5 Å². The minimum Gasteiger partial charge on any atom is -0.489 e. The Hall–Kier alpha value is -3.69. The van der Waals surface area contributed by atoms with Crippen LogP contribution in [0.25, 0.3) is 0 Å². The Kier molecular flexibility index (Phi) is 9.59. The summed E-state index contributed by atoms with van der Waals surface area (Å²) in [5.41, 5.74) is 1.27. The van der Waals surface area contributed by atoms with Crippen molar-refractivity contribution >= 4 is 17.5 Å². The van der Waals surface area contributed by atoms with Gasteiger partial charge < -0.3 is 19.0 Å². The first-order chi connectivity index (χ1) is 15.8. The zero-order chi connectivity index (χ0) is 24.4. The lowest BCUT2D eigenvalue weighted by Crippen LogP contribution is -2.28. The largest absolute Gasteiger partial charge is 0.489 e. The van der Waals surface area contributed by atoms with E-state index in [0.717, 1.165) is 5.56 Å². The van der Waals surface area contributed by atoms with Crippen molar-refractivity contribution in [1.29, 1.82) is 0 Å². The van der Waals surface area contributed by atoms with Gasteiger partial charge in [-0.05, 0) is 31.7 Å². The maximum Gasteiger partial charge on any atom is 0.305 e. The van der Waals surface area contributed by atoms with Gasteiger partial charge in [0.1, 0.15) is 0 Å². The molecule has 33 heavy (non-hydrogen) atoms. The predicted octanol–water partition coefficient (Wildman–Crippen LogP) is 3.05. The van der Waals surface area contributed by atoms with Crippen molar-refractivity contribution in [3.8, 4) is 0 Å². The molecule has 2 rings (SSSR count). The third-order valence-electron chi connectivity index (χ3n) is 5.20. The molecule has 0 saturated heterocycles. The molecule has 0 spiro atoms. The number of nitrogens with zero attached hydrogens (tertiary/aromatic N) is 1. The summed E-state index contributed by atoms with van der Waals surface area (Å²) in [4.78, 5) is 52.6. The number of allylic oxidation sites excluding steroid dienone is 2. The van der Waals surface area contributed by atoms with Crippen LogP contribution in [0.3, 0.4) is 0 Å². The van der Waals surface area contributed by atoms with E-state index in [9.17, 15) is 24.5 Å². The highest BCUT2D eigenvalue weighted by atomic mass is 16.9. The third-order valence-corrected chi connectivity index (χ3v) is 5.20. The molecule has 0 aliphatic heterocycles. The Bertz CT molecular complexity index is 950. The minimum absolute atomic E-state index is 0.00632. The zero-order valence-corrected chi connectivity index (χ0v) is 18.8. The van der Waals surface area contributed by atoms with Crippen LogP contribution in [0.2, 0.25) is 0 Å². The molecule has 178 valence electrons. The van der Waals surface area contributed by atoms with Gasteiger partial charge in [0, 0.05) is 23.5 Å². The Balaban J connectivity index is 2.13. The fourth-order valence-corrected chi connectivity index (χ4v) is 3.61. The molecule has 0 radical (unpaired) electrons. The van der Waals surface area contributed by atoms with E-state index in [1.54, 1.807) is 6.92 Å². The lowest BCUT2D eigenvalue weighted by atomic mass is 9.79. The van der Waals surface area contributed by atoms with E-state index in [0.29, 0.717) is 12.8 Å². The number of carbonyl (C=O) groups excluding carboxylic acids is 3. The van der Waals surface area contributed by atoms with Crippen LogP contribution in [-0.4, -0.2) is 50.1 Å². The van der Waals surface area contributed by atoms with E-state index < -0.39 is 28.5 Å². The molecule has 10 nitrogen and oxygen atoms in total. The summed E-state index contributed by atoms with van der Waals surface area (Å²) in [7, 11) is 2.59. The van der Waals surface area contributed by atoms with Crippen LogP contribution in [0, 0.1) is 10.1 Å². The molecular formula is C23H27NO9. The van der Waals surface area contributed by atoms with E-state index in [-0.39, 0.29) is 48.7 Å². The van der Waals surface area contributed by atoms with Crippen LogP contribution >= 0.6 is 0 Å². The van der Waals surface area contributed by atoms with Crippen molar-refractivity contribution in [2.75, 3.05) is 27.4 Å². The summed E-state index contributed by atoms with van der Waals surface area (Å²) in [6.45, 7) is 1.59. The van der Waals surface area contributed by atoms with Crippen LogP contribution < -0.4 is 0 Å². The first-order valence-electron chi connectivity index (χ1n) is 10.4. The fourth-order valence-electron chi connectivity index (χ4n) is 3.61. The van der Waals surface area contributed by atoms with Gasteiger partial charge in [-0.25, -0.2) is 0 Å². The van der Waals surface area contributed by atoms with Gasteiger partial charge >= 0.3 is 5.97 Å². The number of ether oxygens (including phenoxy) is 3. The van der Waals surface area contributed by atoms with Gasteiger partial charge in [0.25, 0.3) is 5.09 Å². The van der Waals surface area contributed by atoms with Gasteiger partial charge in [-0.15, -0.1) is 10.1 Å². The number of esters is 1. The number of benzene rings is 1. The molecule has 0 aromatic heterocycles. The Morgan fingerprint density at radius 2 is 1.61 bits per heavy atom. The molecule has 0 heterocycles. The highest BCUT2D eigenvalue weighted by Crippen LogP contribution is 2.37. The van der Waals surface area contributed by atoms with Crippen molar-refractivity contribution in [3.05, 3.63) is 68.7 Å². The molecule has 0 fully saturated rings. The maximum atomic E-state index is 13.2. The number of carbonyl (C=O) groups is 3. The second-order valence-corrected chi connectivity index (χ2v) is 7.25. The lowest BCUT2D eigenvalue weighted by molar-refractivity contribution is -0.757. The molecule has 0 saturated carbocycles. The van der Waals surface area contributed by atoms with Crippen LogP contribution in [-0.2, 0) is 33.4 Å². The number of rotatable bonds is 13. The molecule has 1 aliphatic rings. The van der Waals surface area contributed by atoms with E-state index in [1.165, 1.54) is 14.2 Å². The van der Waals surface area contributed by atoms with E-state index >= 15 is 0 Å². The van der Waals surface area contributed by atoms with Crippen molar-refractivity contribution in [2.24, 2.45) is 0 Å². The molecule has 10 heteroatoms. The molecule has 0 bridgehead atoms. The summed E-state index contributed by atoms with van der Waals surface area (Å²) >= 11 is 0. The zero-order valence-electron chi connectivity index (χ0n) is 18.8. The topological polar surface area (TPSA) is 131 Å². The first-order valence-corrected chi connectivity index (χ1v) is 10.4. The number of ketones is 2. The van der Waals surface area contributed by atoms with Gasteiger partial charge in [0.2, 0.25) is 23.1 Å². The summed E-state index contributed by atoms with van der Waals surface area (Å²) < 4.78 is 15.5. The summed E-state index contributed by atoms with van der Waals surface area (Å²) in [6.07, 6.45) is 1.03. The minimum atomic E-state index is -0.872. The third kappa shape index (κ3) is 6.64. The number of hydrogen-bond acceptors (Lipinski definition) is 9. The van der Waals surface area contributed by atoms with E-state index in [2.05, 4.69) is 4.84 Å².